The molecule has 0 aromatic heterocycles. The average molecular weight is 262 g/mol. The van der Waals surface area contributed by atoms with Crippen LogP contribution in [0.5, 0.6) is 0 Å². The van der Waals surface area contributed by atoms with E-state index in [2.05, 4.69) is 19.2 Å². The Balaban J connectivity index is 2.60. The van der Waals surface area contributed by atoms with Gasteiger partial charge in [-0.3, -0.25) is 0 Å². The largest absolute Gasteiger partial charge is 0.396 e. The van der Waals surface area contributed by atoms with Crippen molar-refractivity contribution in [2.45, 2.75) is 13.8 Å². The Bertz CT molecular complexity index is 322. The highest BCUT2D eigenvalue weighted by molar-refractivity contribution is 6.35. The summed E-state index contributed by atoms with van der Waals surface area (Å²) in [7, 11) is 0. The van der Waals surface area contributed by atoms with Crippen molar-refractivity contribution in [1.29, 1.82) is 0 Å². The van der Waals surface area contributed by atoms with Gasteiger partial charge in [-0.15, -0.1) is 0 Å². The number of aliphatic hydroxyl groups is 1. The third-order valence-corrected chi connectivity index (χ3v) is 3.04. The summed E-state index contributed by atoms with van der Waals surface area (Å²) in [5.41, 5.74) is 0.886. The van der Waals surface area contributed by atoms with Gasteiger partial charge >= 0.3 is 0 Å². The van der Waals surface area contributed by atoms with E-state index >= 15 is 0 Å². The van der Waals surface area contributed by atoms with E-state index in [0.29, 0.717) is 22.5 Å². The van der Waals surface area contributed by atoms with E-state index in [-0.39, 0.29) is 12.5 Å². The molecule has 0 saturated heterocycles. The van der Waals surface area contributed by atoms with Crippen LogP contribution in [-0.4, -0.2) is 18.3 Å². The fourth-order valence-electron chi connectivity index (χ4n) is 1.42. The van der Waals surface area contributed by atoms with E-state index in [1.165, 1.54) is 0 Å². The molecule has 0 aliphatic carbocycles. The first-order valence-electron chi connectivity index (χ1n) is 5.33. The molecule has 1 aromatic rings. The fourth-order valence-corrected chi connectivity index (χ4v) is 1.94. The van der Waals surface area contributed by atoms with E-state index in [1.807, 2.05) is 12.1 Å². The number of aliphatic hydroxyl groups excluding tert-OH is 1. The molecule has 4 heteroatoms. The van der Waals surface area contributed by atoms with Crippen molar-refractivity contribution in [3.05, 3.63) is 28.2 Å². The van der Waals surface area contributed by atoms with Crippen molar-refractivity contribution in [1.82, 2.24) is 0 Å². The molecule has 1 rings (SSSR count). The van der Waals surface area contributed by atoms with Crippen molar-refractivity contribution in [3.63, 3.8) is 0 Å². The molecule has 0 spiro atoms. The molecule has 90 valence electrons. The number of hydrogen-bond acceptors (Lipinski definition) is 2. The Hall–Kier alpha value is -0.440. The van der Waals surface area contributed by atoms with Gasteiger partial charge in [0.15, 0.2) is 0 Å². The second-order valence-electron chi connectivity index (χ2n) is 4.23. The normalized spacial score (nSPS) is 12.9. The molecule has 0 saturated carbocycles. The zero-order chi connectivity index (χ0) is 12.1. The molecule has 0 heterocycles. The highest BCUT2D eigenvalue weighted by Gasteiger charge is 2.11. The summed E-state index contributed by atoms with van der Waals surface area (Å²) in [5, 5.41) is 13.6. The lowest BCUT2D eigenvalue weighted by Gasteiger charge is -2.19. The highest BCUT2D eigenvalue weighted by atomic mass is 35.5. The summed E-state index contributed by atoms with van der Waals surface area (Å²) in [6.45, 7) is 5.07. The second-order valence-corrected chi connectivity index (χ2v) is 5.10. The minimum atomic E-state index is 0.180. The number of halogens is 2. The van der Waals surface area contributed by atoms with Crippen LogP contribution in [0.4, 0.5) is 5.69 Å². The Labute approximate surface area is 107 Å². The topological polar surface area (TPSA) is 32.3 Å². The lowest BCUT2D eigenvalue weighted by atomic mass is 9.97. The molecule has 0 amide bonds. The molecule has 0 bridgehead atoms. The highest BCUT2D eigenvalue weighted by Crippen LogP contribution is 2.23. The molecular formula is C12H17Cl2NO. The zero-order valence-electron chi connectivity index (χ0n) is 9.50. The van der Waals surface area contributed by atoms with Crippen LogP contribution in [0.25, 0.3) is 0 Å². The van der Waals surface area contributed by atoms with Gasteiger partial charge in [0, 0.05) is 34.8 Å². The zero-order valence-corrected chi connectivity index (χ0v) is 11.0. The molecule has 1 aromatic carbocycles. The van der Waals surface area contributed by atoms with Gasteiger partial charge in [-0.2, -0.15) is 0 Å². The van der Waals surface area contributed by atoms with Crippen molar-refractivity contribution in [2.75, 3.05) is 18.5 Å². The molecule has 0 aliphatic rings. The first-order chi connectivity index (χ1) is 7.52. The molecule has 1 atom stereocenters. The molecule has 16 heavy (non-hydrogen) atoms. The average Bonchev–Trinajstić information content (AvgIpc) is 2.16. The van der Waals surface area contributed by atoms with Crippen LogP contribution < -0.4 is 5.32 Å². The van der Waals surface area contributed by atoms with Gasteiger partial charge in [-0.05, 0) is 24.1 Å². The smallest absolute Gasteiger partial charge is 0.0478 e. The number of rotatable bonds is 5. The van der Waals surface area contributed by atoms with Crippen LogP contribution in [0.15, 0.2) is 18.2 Å². The Morgan fingerprint density at radius 2 is 1.75 bits per heavy atom. The molecule has 0 radical (unpaired) electrons. The minimum absolute atomic E-state index is 0.180. The third-order valence-electron chi connectivity index (χ3n) is 2.61. The maximum atomic E-state index is 9.19. The predicted octanol–water partition coefficient (Wildman–Crippen LogP) is 3.67. The fraction of sp³-hybridized carbons (Fsp3) is 0.500. The van der Waals surface area contributed by atoms with E-state index in [9.17, 15) is 5.11 Å². The van der Waals surface area contributed by atoms with Crippen LogP contribution in [-0.2, 0) is 0 Å². The number of benzene rings is 1. The lowest BCUT2D eigenvalue weighted by molar-refractivity contribution is 0.198. The Morgan fingerprint density at radius 3 is 2.19 bits per heavy atom. The van der Waals surface area contributed by atoms with Gasteiger partial charge in [0.2, 0.25) is 0 Å². The van der Waals surface area contributed by atoms with Gasteiger partial charge in [0.05, 0.1) is 0 Å². The third kappa shape index (κ3) is 4.20. The summed E-state index contributed by atoms with van der Waals surface area (Å²) in [4.78, 5) is 0. The van der Waals surface area contributed by atoms with Gasteiger partial charge in [0.25, 0.3) is 0 Å². The summed E-state index contributed by atoms with van der Waals surface area (Å²) in [6, 6.07) is 5.34. The summed E-state index contributed by atoms with van der Waals surface area (Å²) < 4.78 is 0. The predicted molar refractivity (Wildman–Crippen MR) is 70.4 cm³/mol. The van der Waals surface area contributed by atoms with Crippen molar-refractivity contribution in [2.24, 2.45) is 11.8 Å². The van der Waals surface area contributed by atoms with E-state index < -0.39 is 0 Å². The van der Waals surface area contributed by atoms with Gasteiger partial charge < -0.3 is 10.4 Å². The van der Waals surface area contributed by atoms with Gasteiger partial charge in [0.1, 0.15) is 0 Å². The van der Waals surface area contributed by atoms with Crippen LogP contribution in [0.1, 0.15) is 13.8 Å². The maximum absolute atomic E-state index is 9.19. The van der Waals surface area contributed by atoms with Crippen molar-refractivity contribution in [3.8, 4) is 0 Å². The van der Waals surface area contributed by atoms with Crippen LogP contribution >= 0.6 is 23.2 Å². The standard InChI is InChI=1S/C12H17Cl2NO/c1-8(2)9(7-16)6-15-12-4-10(13)3-11(14)5-12/h3-5,8-9,15-16H,6-7H2,1-2H3. The van der Waals surface area contributed by atoms with Crippen molar-refractivity contribution < 1.29 is 5.11 Å². The van der Waals surface area contributed by atoms with Crippen molar-refractivity contribution >= 4 is 28.9 Å². The van der Waals surface area contributed by atoms with E-state index in [1.54, 1.807) is 6.07 Å². The monoisotopic (exact) mass is 261 g/mol. The minimum Gasteiger partial charge on any atom is -0.396 e. The molecule has 2 nitrogen and oxygen atoms in total. The van der Waals surface area contributed by atoms with E-state index in [4.69, 9.17) is 23.2 Å². The number of hydrogen-bond donors (Lipinski definition) is 2. The Morgan fingerprint density at radius 1 is 1.19 bits per heavy atom. The summed E-state index contributed by atoms with van der Waals surface area (Å²) in [5.74, 6) is 0.671. The lowest BCUT2D eigenvalue weighted by Crippen LogP contribution is -2.22. The van der Waals surface area contributed by atoms with E-state index in [0.717, 1.165) is 5.69 Å². The molecule has 2 N–H and O–H groups in total. The molecule has 0 aliphatic heterocycles. The number of nitrogens with one attached hydrogen (secondary N) is 1. The van der Waals surface area contributed by atoms with Crippen LogP contribution in [0.2, 0.25) is 10.0 Å². The Kier molecular flexibility index (Phi) is 5.39. The first kappa shape index (κ1) is 13.6. The van der Waals surface area contributed by atoms with Gasteiger partial charge in [-0.25, -0.2) is 0 Å². The second kappa shape index (κ2) is 6.33. The maximum Gasteiger partial charge on any atom is 0.0478 e. The van der Waals surface area contributed by atoms with Crippen LogP contribution in [0.3, 0.4) is 0 Å². The molecule has 0 fully saturated rings. The number of anilines is 1. The first-order valence-corrected chi connectivity index (χ1v) is 6.09. The summed E-state index contributed by atoms with van der Waals surface area (Å²) >= 11 is 11.8. The molecule has 1 unspecified atom stereocenters. The quantitative estimate of drug-likeness (QED) is 0.848. The van der Waals surface area contributed by atoms with Crippen LogP contribution in [0, 0.1) is 11.8 Å². The molecular weight excluding hydrogens is 245 g/mol. The van der Waals surface area contributed by atoms with Gasteiger partial charge in [-0.1, -0.05) is 37.0 Å². The SMILES string of the molecule is CC(C)C(CO)CNc1cc(Cl)cc(Cl)c1. The summed E-state index contributed by atoms with van der Waals surface area (Å²) in [6.07, 6.45) is 0.